The summed E-state index contributed by atoms with van der Waals surface area (Å²) in [5, 5.41) is 7.58. The van der Waals surface area contributed by atoms with Gasteiger partial charge in [0.1, 0.15) is 0 Å². The Labute approximate surface area is 88.4 Å². The standard InChI is InChI=1S/C11H13N3O/c1-11(2,3)9-4-5-12-6-8(9)10-14-13-7-15-10/h4-7H,1-3H3. The van der Waals surface area contributed by atoms with Crippen LogP contribution in [0.5, 0.6) is 0 Å². The highest BCUT2D eigenvalue weighted by Gasteiger charge is 2.20. The van der Waals surface area contributed by atoms with E-state index in [2.05, 4.69) is 36.0 Å². The Balaban J connectivity index is 2.58. The zero-order valence-electron chi connectivity index (χ0n) is 9.06. The number of aromatic nitrogens is 3. The van der Waals surface area contributed by atoms with Crippen LogP contribution in [0.1, 0.15) is 26.3 Å². The van der Waals surface area contributed by atoms with Gasteiger partial charge in [0.25, 0.3) is 0 Å². The molecular weight excluding hydrogens is 190 g/mol. The van der Waals surface area contributed by atoms with Crippen LogP contribution < -0.4 is 0 Å². The minimum absolute atomic E-state index is 0.0345. The molecule has 0 unspecified atom stereocenters. The summed E-state index contributed by atoms with van der Waals surface area (Å²) < 4.78 is 5.19. The molecule has 2 heterocycles. The molecule has 78 valence electrons. The molecular formula is C11H13N3O. The van der Waals surface area contributed by atoms with Crippen molar-refractivity contribution in [2.45, 2.75) is 26.2 Å². The maximum absolute atomic E-state index is 5.19. The molecule has 0 saturated carbocycles. The van der Waals surface area contributed by atoms with Gasteiger partial charge in [-0.1, -0.05) is 20.8 Å². The molecule has 2 aromatic rings. The van der Waals surface area contributed by atoms with E-state index in [0.717, 1.165) is 11.1 Å². The molecule has 2 aromatic heterocycles. The first-order valence-corrected chi connectivity index (χ1v) is 4.80. The summed E-state index contributed by atoms with van der Waals surface area (Å²) in [7, 11) is 0. The van der Waals surface area contributed by atoms with Crippen LogP contribution in [0.15, 0.2) is 29.3 Å². The van der Waals surface area contributed by atoms with Crippen molar-refractivity contribution in [1.82, 2.24) is 15.2 Å². The molecule has 0 atom stereocenters. The zero-order chi connectivity index (χ0) is 10.9. The SMILES string of the molecule is CC(C)(C)c1ccncc1-c1nnco1. The molecule has 0 spiro atoms. The fourth-order valence-electron chi connectivity index (χ4n) is 1.51. The van der Waals surface area contributed by atoms with E-state index in [-0.39, 0.29) is 5.41 Å². The molecule has 2 rings (SSSR count). The van der Waals surface area contributed by atoms with Crippen LogP contribution in [0, 0.1) is 0 Å². The van der Waals surface area contributed by atoms with Crippen molar-refractivity contribution in [2.75, 3.05) is 0 Å². The molecule has 0 fully saturated rings. The minimum Gasteiger partial charge on any atom is -0.423 e. The number of hydrogen-bond donors (Lipinski definition) is 0. The van der Waals surface area contributed by atoms with Crippen LogP contribution in [0.25, 0.3) is 11.5 Å². The molecule has 0 radical (unpaired) electrons. The largest absolute Gasteiger partial charge is 0.423 e. The molecule has 0 bridgehead atoms. The van der Waals surface area contributed by atoms with Gasteiger partial charge in [-0.3, -0.25) is 4.98 Å². The molecule has 0 aliphatic heterocycles. The lowest BCUT2D eigenvalue weighted by Crippen LogP contribution is -2.12. The first-order valence-electron chi connectivity index (χ1n) is 4.80. The van der Waals surface area contributed by atoms with Crippen molar-refractivity contribution >= 4 is 0 Å². The summed E-state index contributed by atoms with van der Waals surface area (Å²) in [4.78, 5) is 4.09. The summed E-state index contributed by atoms with van der Waals surface area (Å²) >= 11 is 0. The molecule has 0 saturated heterocycles. The highest BCUT2D eigenvalue weighted by molar-refractivity contribution is 5.58. The molecule has 4 nitrogen and oxygen atoms in total. The lowest BCUT2D eigenvalue weighted by molar-refractivity contribution is 0.556. The van der Waals surface area contributed by atoms with E-state index < -0.39 is 0 Å². The number of hydrogen-bond acceptors (Lipinski definition) is 4. The summed E-state index contributed by atoms with van der Waals surface area (Å²) in [5.74, 6) is 0.521. The van der Waals surface area contributed by atoms with Gasteiger partial charge in [0.15, 0.2) is 0 Å². The van der Waals surface area contributed by atoms with Crippen molar-refractivity contribution in [3.63, 3.8) is 0 Å². The predicted octanol–water partition coefficient (Wildman–Crippen LogP) is 2.43. The van der Waals surface area contributed by atoms with Gasteiger partial charge in [-0.15, -0.1) is 10.2 Å². The minimum atomic E-state index is 0.0345. The van der Waals surface area contributed by atoms with E-state index in [1.165, 1.54) is 6.39 Å². The topological polar surface area (TPSA) is 51.8 Å². The maximum Gasteiger partial charge on any atom is 0.249 e. The second-order valence-corrected chi connectivity index (χ2v) is 4.42. The first-order chi connectivity index (χ1) is 7.09. The predicted molar refractivity (Wildman–Crippen MR) is 56.2 cm³/mol. The van der Waals surface area contributed by atoms with Crippen molar-refractivity contribution < 1.29 is 4.42 Å². The number of nitrogens with zero attached hydrogens (tertiary/aromatic N) is 3. The fraction of sp³-hybridized carbons (Fsp3) is 0.364. The van der Waals surface area contributed by atoms with Crippen LogP contribution in [0.3, 0.4) is 0 Å². The van der Waals surface area contributed by atoms with Crippen LogP contribution >= 0.6 is 0 Å². The van der Waals surface area contributed by atoms with Gasteiger partial charge in [-0.2, -0.15) is 0 Å². The van der Waals surface area contributed by atoms with E-state index in [9.17, 15) is 0 Å². The highest BCUT2D eigenvalue weighted by atomic mass is 16.4. The van der Waals surface area contributed by atoms with Crippen LogP contribution in [0.4, 0.5) is 0 Å². The van der Waals surface area contributed by atoms with Gasteiger partial charge < -0.3 is 4.42 Å². The summed E-state index contributed by atoms with van der Waals surface area (Å²) in [6.07, 6.45) is 4.86. The molecule has 0 aromatic carbocycles. The third kappa shape index (κ3) is 1.88. The second kappa shape index (κ2) is 3.46. The Hall–Kier alpha value is -1.71. The van der Waals surface area contributed by atoms with Crippen LogP contribution in [-0.2, 0) is 5.41 Å². The lowest BCUT2D eigenvalue weighted by atomic mass is 9.85. The zero-order valence-corrected chi connectivity index (χ0v) is 9.06. The lowest BCUT2D eigenvalue weighted by Gasteiger charge is -2.20. The van der Waals surface area contributed by atoms with Gasteiger partial charge in [0.05, 0.1) is 5.56 Å². The van der Waals surface area contributed by atoms with Gasteiger partial charge in [0.2, 0.25) is 12.3 Å². The van der Waals surface area contributed by atoms with E-state index in [0.29, 0.717) is 5.89 Å². The van der Waals surface area contributed by atoms with Crippen molar-refractivity contribution in [3.05, 3.63) is 30.4 Å². The van der Waals surface area contributed by atoms with Gasteiger partial charge in [-0.25, -0.2) is 0 Å². The van der Waals surface area contributed by atoms with Crippen LogP contribution in [0.2, 0.25) is 0 Å². The van der Waals surface area contributed by atoms with Crippen LogP contribution in [-0.4, -0.2) is 15.2 Å². The first kappa shape index (κ1) is 9.83. The van der Waals surface area contributed by atoms with E-state index in [1.54, 1.807) is 12.4 Å². The number of pyridine rings is 1. The Bertz CT molecular complexity index is 443. The molecule has 15 heavy (non-hydrogen) atoms. The molecule has 0 aliphatic rings. The van der Waals surface area contributed by atoms with E-state index >= 15 is 0 Å². The summed E-state index contributed by atoms with van der Waals surface area (Å²) in [6, 6.07) is 1.99. The van der Waals surface area contributed by atoms with Crippen molar-refractivity contribution in [1.29, 1.82) is 0 Å². The average molecular weight is 203 g/mol. The second-order valence-electron chi connectivity index (χ2n) is 4.42. The summed E-state index contributed by atoms with van der Waals surface area (Å²) in [5.41, 5.74) is 2.09. The molecule has 0 N–H and O–H groups in total. The Morgan fingerprint density at radius 2 is 2.07 bits per heavy atom. The maximum atomic E-state index is 5.19. The fourth-order valence-corrected chi connectivity index (χ4v) is 1.51. The average Bonchev–Trinajstić information content (AvgIpc) is 2.69. The molecule has 4 heteroatoms. The van der Waals surface area contributed by atoms with Crippen molar-refractivity contribution in [2.24, 2.45) is 0 Å². The molecule has 0 amide bonds. The van der Waals surface area contributed by atoms with E-state index in [1.807, 2.05) is 6.07 Å². The van der Waals surface area contributed by atoms with Gasteiger partial charge >= 0.3 is 0 Å². The number of rotatable bonds is 1. The third-order valence-corrected chi connectivity index (χ3v) is 2.22. The highest BCUT2D eigenvalue weighted by Crippen LogP contribution is 2.30. The molecule has 0 aliphatic carbocycles. The smallest absolute Gasteiger partial charge is 0.249 e. The van der Waals surface area contributed by atoms with Gasteiger partial charge in [0, 0.05) is 12.4 Å². The quantitative estimate of drug-likeness (QED) is 0.714. The Morgan fingerprint density at radius 1 is 1.27 bits per heavy atom. The van der Waals surface area contributed by atoms with Crippen molar-refractivity contribution in [3.8, 4) is 11.5 Å². The summed E-state index contributed by atoms with van der Waals surface area (Å²) in [6.45, 7) is 6.42. The Kier molecular flexibility index (Phi) is 2.26. The monoisotopic (exact) mass is 203 g/mol. The van der Waals surface area contributed by atoms with E-state index in [4.69, 9.17) is 4.42 Å². The normalized spacial score (nSPS) is 11.7. The van der Waals surface area contributed by atoms with Gasteiger partial charge in [-0.05, 0) is 17.0 Å². The third-order valence-electron chi connectivity index (χ3n) is 2.22. The Morgan fingerprint density at radius 3 is 2.67 bits per heavy atom.